The van der Waals surface area contributed by atoms with E-state index in [4.69, 9.17) is 0 Å². The number of aromatic nitrogens is 5. The highest BCUT2D eigenvalue weighted by molar-refractivity contribution is 7.13. The van der Waals surface area contributed by atoms with Crippen LogP contribution in [-0.4, -0.2) is 113 Å². The molecule has 0 radical (unpaired) electrons. The van der Waals surface area contributed by atoms with Gasteiger partial charge in [0.25, 0.3) is 11.8 Å². The van der Waals surface area contributed by atoms with Gasteiger partial charge < -0.3 is 30.9 Å². The van der Waals surface area contributed by atoms with Gasteiger partial charge in [-0.3, -0.25) is 33.8 Å². The number of nitrogens with zero attached hydrogens (tertiary/aromatic N) is 6. The summed E-state index contributed by atoms with van der Waals surface area (Å²) in [6.45, 7) is 12.1. The number of thiazole rings is 1. The molecule has 7 atom stereocenters. The summed E-state index contributed by atoms with van der Waals surface area (Å²) in [4.78, 5) is 76.6. The third kappa shape index (κ3) is 10.8. The van der Waals surface area contributed by atoms with Gasteiger partial charge >= 0.3 is 0 Å². The molecule has 9 rings (SSSR count). The van der Waals surface area contributed by atoms with Crippen molar-refractivity contribution in [3.63, 3.8) is 0 Å². The van der Waals surface area contributed by atoms with Gasteiger partial charge in [0.2, 0.25) is 23.6 Å². The van der Waals surface area contributed by atoms with Crippen molar-refractivity contribution in [2.45, 2.75) is 142 Å². The van der Waals surface area contributed by atoms with Crippen molar-refractivity contribution in [2.75, 3.05) is 25.0 Å². The molecule has 0 spiro atoms. The predicted octanol–water partition coefficient (Wildman–Crippen LogP) is 7.81. The summed E-state index contributed by atoms with van der Waals surface area (Å²) in [5.74, 6) is -4.92. The zero-order valence-corrected chi connectivity index (χ0v) is 43.8. The second kappa shape index (κ2) is 21.1. The van der Waals surface area contributed by atoms with Crippen LogP contribution in [0.1, 0.15) is 137 Å². The van der Waals surface area contributed by atoms with Crippen molar-refractivity contribution in [2.24, 2.45) is 22.7 Å². The Balaban J connectivity index is 0.696. The molecule has 19 heteroatoms. The molecular formula is C55H68F2N10O6S. The highest BCUT2D eigenvalue weighted by atomic mass is 32.1. The number of aryl methyl sites for hydroxylation is 1. The molecule has 394 valence electrons. The molecule has 2 aliphatic carbocycles. The average molecular weight is 1040 g/mol. The van der Waals surface area contributed by atoms with Crippen LogP contribution in [0.5, 0.6) is 0 Å². The molecule has 74 heavy (non-hydrogen) atoms. The number of unbranched alkanes of at least 4 members (excludes halogenated alkanes) is 4. The number of likely N-dealkylation sites (tertiary alicyclic amines) is 2. The van der Waals surface area contributed by atoms with Crippen LogP contribution in [0.15, 0.2) is 72.5 Å². The number of carbonyl (C=O) groups excluding carboxylic acids is 5. The minimum atomic E-state index is -2.76. The van der Waals surface area contributed by atoms with Gasteiger partial charge in [0.15, 0.2) is 5.69 Å². The summed E-state index contributed by atoms with van der Waals surface area (Å²) in [6, 6.07) is 15.5. The van der Waals surface area contributed by atoms with E-state index in [0.29, 0.717) is 49.3 Å². The molecule has 5 amide bonds. The zero-order valence-electron chi connectivity index (χ0n) is 43.0. The molecule has 3 aromatic heterocycles. The molecule has 3 fully saturated rings. The molecule has 1 saturated carbocycles. The van der Waals surface area contributed by atoms with E-state index in [1.807, 2.05) is 99.6 Å². The zero-order chi connectivity index (χ0) is 52.7. The van der Waals surface area contributed by atoms with Gasteiger partial charge in [-0.1, -0.05) is 102 Å². The number of benzene rings is 2. The van der Waals surface area contributed by atoms with Crippen LogP contribution in [-0.2, 0) is 32.0 Å². The molecule has 5 N–H and O–H groups in total. The summed E-state index contributed by atoms with van der Waals surface area (Å²) in [5, 5.41) is 31.2. The topological polar surface area (TPSA) is 208 Å². The maximum atomic E-state index is 14.5. The number of nitrogens with one attached hydrogen (secondary N) is 4. The van der Waals surface area contributed by atoms with Gasteiger partial charge in [0.1, 0.15) is 12.1 Å². The average Bonchev–Trinajstić information content (AvgIpc) is 4.09. The highest BCUT2D eigenvalue weighted by Crippen LogP contribution is 2.70. The van der Waals surface area contributed by atoms with Gasteiger partial charge in [0.05, 0.1) is 46.2 Å². The van der Waals surface area contributed by atoms with Crippen molar-refractivity contribution in [1.29, 1.82) is 0 Å². The Kier molecular flexibility index (Phi) is 15.0. The normalized spacial score (nSPS) is 22.2. The van der Waals surface area contributed by atoms with Crippen LogP contribution in [0.4, 0.5) is 14.5 Å². The van der Waals surface area contributed by atoms with Crippen molar-refractivity contribution >= 4 is 46.6 Å². The van der Waals surface area contributed by atoms with Crippen molar-refractivity contribution in [3.8, 4) is 10.4 Å². The Hall–Kier alpha value is -6.34. The summed E-state index contributed by atoms with van der Waals surface area (Å²) in [7, 11) is 0. The third-order valence-corrected chi connectivity index (χ3v) is 16.8. The standard InChI is InChI=1S/C55H68F2N10O6S/c1-32(34-19-21-36(22-20-34)48-33(2)58-31-74-48)60-50(71)42-23-39(68)30-66(42)52(73)49(53(3,4)5)62-44(69)17-13-8-7-9-14-18-45(70)65-27-37(28-65)47(35-15-11-10-12-16-35)67-29-38(26-59-67)61-51(72)46-40-24-43-54(6,55(43,56)57)25-41(40)63-64-46/h10-12,15-16,19-22,26,29,31-32,37,39,42-43,47,49,68H,7-9,13-14,17-18,23-25,27-28,30H2,1-6H3,(H,60,71)(H,61,72)(H,62,69)(H,63,64)/t32-,39+,42-,43-,47+,49?,54+/m0/s1. The fourth-order valence-electron chi connectivity index (χ4n) is 11.2. The maximum Gasteiger partial charge on any atom is 0.276 e. The smallest absolute Gasteiger partial charge is 0.276 e. The van der Waals surface area contributed by atoms with Crippen molar-refractivity contribution in [3.05, 3.63) is 106 Å². The molecule has 2 aromatic carbocycles. The number of aliphatic hydroxyl groups excluding tert-OH is 1. The Morgan fingerprint density at radius 3 is 2.32 bits per heavy atom. The van der Waals surface area contributed by atoms with Gasteiger partial charge in [-0.25, -0.2) is 13.8 Å². The lowest BCUT2D eigenvalue weighted by Gasteiger charge is -2.43. The molecule has 1 unspecified atom stereocenters. The number of β-amino-alcohol motifs (C(OH)–C–C–N with tert-alkyl or cyclic N) is 1. The number of hydrogen-bond acceptors (Lipinski definition) is 10. The number of amides is 5. The van der Waals surface area contributed by atoms with Gasteiger partial charge in [0, 0.05) is 80.0 Å². The van der Waals surface area contributed by atoms with Crippen molar-refractivity contribution < 1.29 is 37.9 Å². The van der Waals surface area contributed by atoms with E-state index in [0.717, 1.165) is 46.5 Å². The number of carbonyl (C=O) groups is 5. The largest absolute Gasteiger partial charge is 0.391 e. The third-order valence-electron chi connectivity index (χ3n) is 15.9. The molecule has 2 aliphatic heterocycles. The molecule has 2 saturated heterocycles. The van der Waals surface area contributed by atoms with E-state index >= 15 is 0 Å². The van der Waals surface area contributed by atoms with Gasteiger partial charge in [-0.15, -0.1) is 11.3 Å². The number of halogens is 2. The number of rotatable bonds is 19. The van der Waals surface area contributed by atoms with E-state index in [2.05, 4.69) is 36.2 Å². The van der Waals surface area contributed by atoms with Crippen LogP contribution >= 0.6 is 11.3 Å². The number of aliphatic hydroxyl groups is 1. The van der Waals surface area contributed by atoms with Crippen LogP contribution in [0.2, 0.25) is 0 Å². The van der Waals surface area contributed by atoms with E-state index in [9.17, 15) is 37.9 Å². The summed E-state index contributed by atoms with van der Waals surface area (Å²) in [6.07, 6.45) is 7.20. The number of fused-ring (bicyclic) bond motifs is 2. The Morgan fingerprint density at radius 1 is 0.932 bits per heavy atom. The summed E-state index contributed by atoms with van der Waals surface area (Å²) < 4.78 is 30.8. The van der Waals surface area contributed by atoms with Crippen LogP contribution in [0.25, 0.3) is 10.4 Å². The molecule has 5 aromatic rings. The van der Waals surface area contributed by atoms with E-state index < -0.39 is 52.7 Å². The first-order valence-corrected chi connectivity index (χ1v) is 26.8. The van der Waals surface area contributed by atoms with Crippen LogP contribution < -0.4 is 16.0 Å². The summed E-state index contributed by atoms with van der Waals surface area (Å²) >= 11 is 1.57. The number of anilines is 1. The lowest BCUT2D eigenvalue weighted by Crippen LogP contribution is -2.57. The number of H-pyrrole nitrogens is 1. The minimum absolute atomic E-state index is 0.00626. The second-order valence-electron chi connectivity index (χ2n) is 22.2. The number of aromatic amines is 1. The van der Waals surface area contributed by atoms with E-state index in [1.54, 1.807) is 35.3 Å². The van der Waals surface area contributed by atoms with Gasteiger partial charge in [-0.2, -0.15) is 10.2 Å². The van der Waals surface area contributed by atoms with E-state index in [1.165, 1.54) is 4.90 Å². The number of hydrogen-bond donors (Lipinski definition) is 5. The predicted molar refractivity (Wildman–Crippen MR) is 276 cm³/mol. The Labute approximate surface area is 434 Å². The molecule has 5 heterocycles. The van der Waals surface area contributed by atoms with Crippen molar-refractivity contribution in [1.82, 2.24) is 45.4 Å². The first-order valence-electron chi connectivity index (χ1n) is 25.9. The van der Waals surface area contributed by atoms with Gasteiger partial charge in [-0.05, 0) is 55.2 Å². The van der Waals surface area contributed by atoms with Crippen LogP contribution in [0, 0.1) is 29.6 Å². The molecule has 4 aliphatic rings. The monoisotopic (exact) mass is 1030 g/mol. The minimum Gasteiger partial charge on any atom is -0.391 e. The molecule has 16 nitrogen and oxygen atoms in total. The van der Waals surface area contributed by atoms with E-state index in [-0.39, 0.29) is 73.6 Å². The second-order valence-corrected chi connectivity index (χ2v) is 23.1. The maximum absolute atomic E-state index is 14.5. The summed E-state index contributed by atoms with van der Waals surface area (Å²) in [5.41, 5.74) is 5.67. The quantitative estimate of drug-likeness (QED) is 0.0511. The fourth-order valence-corrected chi connectivity index (χ4v) is 12.1. The molecule has 0 bridgehead atoms. The Bertz CT molecular complexity index is 2860. The Morgan fingerprint density at radius 2 is 1.64 bits per heavy atom. The SMILES string of the molecule is Cc1ncsc1-c1ccc([C@H](C)NC(=O)[C@@H]2C[C@@H](O)CN2C(=O)C(NC(=O)CCCCCCCC(=O)N2CC([C@@H](c3ccccc3)n3cc(NC(=O)c4n[nH]c5c4C[C@@H]4C(F)(F)[C@]4(C)C5)cn3)C2)C(C)(C)C)cc1. The first kappa shape index (κ1) is 52.5. The molecular weight excluding hydrogens is 967 g/mol. The van der Waals surface area contributed by atoms with Crippen LogP contribution in [0.3, 0.4) is 0 Å². The highest BCUT2D eigenvalue weighted by Gasteiger charge is 2.78. The first-order chi connectivity index (χ1) is 35.2. The lowest BCUT2D eigenvalue weighted by atomic mass is 9.85. The number of alkyl halides is 2. The lowest BCUT2D eigenvalue weighted by molar-refractivity contribution is -0.144. The fraction of sp³-hybridized carbons (Fsp3) is 0.527.